The number of nitrogens with zero attached hydrogens (tertiary/aromatic N) is 2. The Balaban J connectivity index is 1.90. The summed E-state index contributed by atoms with van der Waals surface area (Å²) < 4.78 is 80.9. The molecule has 0 aliphatic rings. The molecule has 3 N–H and O–H groups in total. The van der Waals surface area contributed by atoms with Crippen molar-refractivity contribution in [1.29, 1.82) is 0 Å². The van der Waals surface area contributed by atoms with Crippen molar-refractivity contribution < 1.29 is 46.0 Å². The summed E-state index contributed by atoms with van der Waals surface area (Å²) in [6.07, 6.45) is -4.49. The number of benzene rings is 2. The van der Waals surface area contributed by atoms with Crippen LogP contribution in [0.5, 0.6) is 5.75 Å². The molecule has 0 aliphatic heterocycles. The molecule has 3 aromatic rings. The highest BCUT2D eigenvalue weighted by molar-refractivity contribution is 6.33. The molecule has 0 spiro atoms. The Morgan fingerprint density at radius 1 is 1.08 bits per heavy atom. The number of amides is 3. The SMILES string of the molecule is O=C(NC(=O)c1c(F)ccc([N+](=O)[O-])c1F)Nc1ccc(F)c(-c2ncc(C(F)(F)F)cc2Cl)c1O. The van der Waals surface area contributed by atoms with Crippen LogP contribution in [0, 0.1) is 27.6 Å². The molecule has 0 aliphatic carbocycles. The molecule has 1 heterocycles. The number of aromatic hydroxyl groups is 1. The number of anilines is 1. The number of aromatic nitrogens is 1. The van der Waals surface area contributed by atoms with Crippen LogP contribution in [0.2, 0.25) is 5.02 Å². The number of hydrogen-bond donors (Lipinski definition) is 3. The Kier molecular flexibility index (Phi) is 7.05. The van der Waals surface area contributed by atoms with Crippen LogP contribution in [0.25, 0.3) is 11.3 Å². The lowest BCUT2D eigenvalue weighted by molar-refractivity contribution is -0.387. The molecule has 1 aromatic heterocycles. The van der Waals surface area contributed by atoms with Crippen LogP contribution in [-0.2, 0) is 6.18 Å². The summed E-state index contributed by atoms with van der Waals surface area (Å²) in [7, 11) is 0. The van der Waals surface area contributed by atoms with Gasteiger partial charge in [-0.1, -0.05) is 11.6 Å². The predicted octanol–water partition coefficient (Wildman–Crippen LogP) is 5.41. The molecule has 0 saturated carbocycles. The van der Waals surface area contributed by atoms with E-state index >= 15 is 0 Å². The summed E-state index contributed by atoms with van der Waals surface area (Å²) in [5.41, 5.74) is -6.01. The predicted molar refractivity (Wildman–Crippen MR) is 111 cm³/mol. The molecule has 0 bridgehead atoms. The van der Waals surface area contributed by atoms with Crippen molar-refractivity contribution >= 4 is 34.9 Å². The second-order valence-electron chi connectivity index (χ2n) is 6.79. The zero-order valence-electron chi connectivity index (χ0n) is 17.1. The van der Waals surface area contributed by atoms with E-state index in [9.17, 15) is 51.2 Å². The minimum atomic E-state index is -4.82. The van der Waals surface area contributed by atoms with Gasteiger partial charge in [0.05, 0.1) is 32.5 Å². The number of imide groups is 1. The number of carbonyl (C=O) groups excluding carboxylic acids is 2. The molecule has 0 atom stereocenters. The maximum Gasteiger partial charge on any atom is 0.417 e. The van der Waals surface area contributed by atoms with Gasteiger partial charge in [0.2, 0.25) is 5.82 Å². The third kappa shape index (κ3) is 5.14. The van der Waals surface area contributed by atoms with Crippen molar-refractivity contribution in [3.05, 3.63) is 80.2 Å². The highest BCUT2D eigenvalue weighted by atomic mass is 35.5. The van der Waals surface area contributed by atoms with Gasteiger partial charge in [-0.15, -0.1) is 0 Å². The lowest BCUT2D eigenvalue weighted by Crippen LogP contribution is -2.35. The van der Waals surface area contributed by atoms with Crippen molar-refractivity contribution in [2.75, 3.05) is 5.32 Å². The van der Waals surface area contributed by atoms with Gasteiger partial charge in [0, 0.05) is 12.3 Å². The number of urea groups is 1. The highest BCUT2D eigenvalue weighted by Gasteiger charge is 2.32. The average Bonchev–Trinajstić information content (AvgIpc) is 2.75. The number of rotatable bonds is 4. The van der Waals surface area contributed by atoms with Gasteiger partial charge in [0.25, 0.3) is 5.91 Å². The first-order valence-electron chi connectivity index (χ1n) is 9.21. The van der Waals surface area contributed by atoms with Crippen molar-refractivity contribution in [2.24, 2.45) is 0 Å². The highest BCUT2D eigenvalue weighted by Crippen LogP contribution is 2.41. The van der Waals surface area contributed by atoms with E-state index in [1.807, 2.05) is 5.32 Å². The van der Waals surface area contributed by atoms with Crippen LogP contribution in [-0.4, -0.2) is 27.0 Å². The van der Waals surface area contributed by atoms with Crippen LogP contribution >= 0.6 is 11.6 Å². The fourth-order valence-corrected chi connectivity index (χ4v) is 3.14. The van der Waals surface area contributed by atoms with Crippen LogP contribution in [0.15, 0.2) is 36.5 Å². The molecule has 9 nitrogen and oxygen atoms in total. The maximum absolute atomic E-state index is 14.4. The number of pyridine rings is 1. The molecule has 36 heavy (non-hydrogen) atoms. The van der Waals surface area contributed by atoms with Gasteiger partial charge in [-0.2, -0.15) is 17.6 Å². The zero-order chi connectivity index (χ0) is 26.9. The molecule has 3 rings (SSSR count). The number of halogens is 7. The molecule has 0 saturated heterocycles. The lowest BCUT2D eigenvalue weighted by Gasteiger charge is -2.14. The van der Waals surface area contributed by atoms with Crippen molar-refractivity contribution in [3.63, 3.8) is 0 Å². The smallest absolute Gasteiger partial charge is 0.417 e. The molecule has 0 fully saturated rings. The third-order valence-corrected chi connectivity index (χ3v) is 4.79. The van der Waals surface area contributed by atoms with E-state index in [0.717, 1.165) is 6.07 Å². The van der Waals surface area contributed by atoms with E-state index in [4.69, 9.17) is 11.6 Å². The third-order valence-electron chi connectivity index (χ3n) is 4.50. The fraction of sp³-hybridized carbons (Fsp3) is 0.0500. The quantitative estimate of drug-likeness (QED) is 0.177. The number of hydrogen-bond acceptors (Lipinski definition) is 6. The second kappa shape index (κ2) is 9.69. The van der Waals surface area contributed by atoms with Gasteiger partial charge in [-0.3, -0.25) is 25.2 Å². The van der Waals surface area contributed by atoms with Gasteiger partial charge in [-0.05, 0) is 24.3 Å². The fourth-order valence-electron chi connectivity index (χ4n) is 2.88. The van der Waals surface area contributed by atoms with E-state index < -0.39 is 85.0 Å². The summed E-state index contributed by atoms with van der Waals surface area (Å²) >= 11 is 5.77. The largest absolute Gasteiger partial charge is 0.505 e. The van der Waals surface area contributed by atoms with Crippen LogP contribution in [0.4, 0.5) is 42.5 Å². The Hall–Kier alpha value is -4.40. The zero-order valence-corrected chi connectivity index (χ0v) is 17.8. The summed E-state index contributed by atoms with van der Waals surface area (Å²) in [5.74, 6) is -7.40. The van der Waals surface area contributed by atoms with Crippen molar-refractivity contribution in [1.82, 2.24) is 10.3 Å². The number of phenols is 1. The molecule has 2 aromatic carbocycles. The Morgan fingerprint density at radius 3 is 2.31 bits per heavy atom. The normalized spacial score (nSPS) is 11.2. The van der Waals surface area contributed by atoms with Crippen molar-refractivity contribution in [2.45, 2.75) is 6.18 Å². The first-order valence-corrected chi connectivity index (χ1v) is 9.59. The van der Waals surface area contributed by atoms with Gasteiger partial charge >= 0.3 is 17.9 Å². The van der Waals surface area contributed by atoms with Crippen LogP contribution in [0.3, 0.4) is 0 Å². The van der Waals surface area contributed by atoms with E-state index in [2.05, 4.69) is 4.98 Å². The van der Waals surface area contributed by atoms with Crippen LogP contribution in [0.1, 0.15) is 15.9 Å². The van der Waals surface area contributed by atoms with Crippen molar-refractivity contribution in [3.8, 4) is 17.0 Å². The first kappa shape index (κ1) is 26.2. The number of nitrogens with one attached hydrogen (secondary N) is 2. The number of nitro groups is 1. The Bertz CT molecular complexity index is 1420. The van der Waals surface area contributed by atoms with Gasteiger partial charge in [0.15, 0.2) is 5.75 Å². The van der Waals surface area contributed by atoms with E-state index in [-0.39, 0.29) is 0 Å². The number of phenolic OH excluding ortho intramolecular Hbond substituents is 1. The average molecular weight is 535 g/mol. The van der Waals surface area contributed by atoms with Gasteiger partial charge < -0.3 is 10.4 Å². The monoisotopic (exact) mass is 534 g/mol. The van der Waals surface area contributed by atoms with E-state index in [1.165, 1.54) is 5.32 Å². The topological polar surface area (TPSA) is 134 Å². The molecule has 0 unspecified atom stereocenters. The maximum atomic E-state index is 14.4. The van der Waals surface area contributed by atoms with E-state index in [0.29, 0.717) is 30.5 Å². The molecule has 3 amide bonds. The molecular weight excluding hydrogens is 526 g/mol. The number of alkyl halides is 3. The standard InChI is InChI=1S/C20H9ClF6N4O5/c21-8-5-7(20(25,26)27)6-28-16(8)14-10(23)1-3-11(17(14)32)29-19(34)30-18(33)13-9(22)2-4-12(15(13)24)31(35)36/h1-6,32H,(H2,29,30,33,34). The summed E-state index contributed by atoms with van der Waals surface area (Å²) in [4.78, 5) is 37.2. The Morgan fingerprint density at radius 2 is 1.72 bits per heavy atom. The molecule has 0 radical (unpaired) electrons. The molecule has 188 valence electrons. The lowest BCUT2D eigenvalue weighted by atomic mass is 10.1. The first-order chi connectivity index (χ1) is 16.7. The number of carbonyl (C=O) groups is 2. The van der Waals surface area contributed by atoms with Gasteiger partial charge in [0.1, 0.15) is 17.2 Å². The summed E-state index contributed by atoms with van der Waals surface area (Å²) in [5, 5.41) is 23.8. The summed E-state index contributed by atoms with van der Waals surface area (Å²) in [6, 6.07) is 1.24. The Labute approximate surface area is 200 Å². The number of nitro benzene ring substituents is 1. The minimum absolute atomic E-state index is 0.327. The van der Waals surface area contributed by atoms with Crippen LogP contribution < -0.4 is 10.6 Å². The second-order valence-corrected chi connectivity index (χ2v) is 7.20. The summed E-state index contributed by atoms with van der Waals surface area (Å²) in [6.45, 7) is 0. The minimum Gasteiger partial charge on any atom is -0.505 e. The van der Waals surface area contributed by atoms with Gasteiger partial charge in [-0.25, -0.2) is 13.6 Å². The van der Waals surface area contributed by atoms with E-state index in [1.54, 1.807) is 0 Å². The molecular formula is C20H9ClF6N4O5. The molecule has 16 heteroatoms.